The van der Waals surface area contributed by atoms with Crippen molar-refractivity contribution in [2.75, 3.05) is 12.4 Å². The first-order valence-electron chi connectivity index (χ1n) is 6.15. The van der Waals surface area contributed by atoms with Crippen LogP contribution in [0.15, 0.2) is 34.7 Å². The van der Waals surface area contributed by atoms with Crippen LogP contribution in [0.3, 0.4) is 0 Å². The van der Waals surface area contributed by atoms with Gasteiger partial charge in [-0.05, 0) is 25.1 Å². The summed E-state index contributed by atoms with van der Waals surface area (Å²) in [6.45, 7) is 1.90. The molecule has 0 saturated carbocycles. The smallest absolute Gasteiger partial charge is 0.291 e. The zero-order valence-corrected chi connectivity index (χ0v) is 11.6. The molecule has 0 atom stereocenters. The molecule has 1 N–H and O–H groups in total. The lowest BCUT2D eigenvalue weighted by Crippen LogP contribution is -2.11. The summed E-state index contributed by atoms with van der Waals surface area (Å²) in [4.78, 5) is 22.4. The number of methoxy groups -OCH3 is 1. The van der Waals surface area contributed by atoms with Gasteiger partial charge in [0.1, 0.15) is 12.4 Å². The van der Waals surface area contributed by atoms with Crippen molar-refractivity contribution in [2.24, 2.45) is 0 Å². The summed E-state index contributed by atoms with van der Waals surface area (Å²) in [5.41, 5.74) is 0.813. The number of rotatable bonds is 5. The molecule has 7 nitrogen and oxygen atoms in total. The van der Waals surface area contributed by atoms with Crippen molar-refractivity contribution in [3.8, 4) is 0 Å². The first-order chi connectivity index (χ1) is 10.0. The summed E-state index contributed by atoms with van der Waals surface area (Å²) in [5.74, 6) is 0.165. The van der Waals surface area contributed by atoms with Gasteiger partial charge in [0.2, 0.25) is 0 Å². The number of hydrogen-bond acceptors (Lipinski definition) is 5. The highest BCUT2D eigenvalue weighted by Gasteiger charge is 2.15. The minimum absolute atomic E-state index is 0.0488. The van der Waals surface area contributed by atoms with Gasteiger partial charge in [-0.15, -0.1) is 0 Å². The van der Waals surface area contributed by atoms with Gasteiger partial charge < -0.3 is 14.5 Å². The van der Waals surface area contributed by atoms with Gasteiger partial charge in [0, 0.05) is 24.4 Å². The molecule has 1 aromatic heterocycles. The maximum Gasteiger partial charge on any atom is 0.291 e. The number of nitrogens with zero attached hydrogens (tertiary/aromatic N) is 1. The van der Waals surface area contributed by atoms with E-state index in [4.69, 9.17) is 9.15 Å². The van der Waals surface area contributed by atoms with Crippen molar-refractivity contribution in [3.63, 3.8) is 0 Å². The zero-order chi connectivity index (χ0) is 15.4. The molecular formula is C14H14N2O5. The predicted molar refractivity (Wildman–Crippen MR) is 75.2 cm³/mol. The maximum absolute atomic E-state index is 12.0. The first-order valence-corrected chi connectivity index (χ1v) is 6.15. The molecule has 2 rings (SSSR count). The van der Waals surface area contributed by atoms with Gasteiger partial charge in [0.15, 0.2) is 5.76 Å². The average molecular weight is 290 g/mol. The Balaban J connectivity index is 2.15. The molecule has 0 fully saturated rings. The largest absolute Gasteiger partial charge is 0.453 e. The van der Waals surface area contributed by atoms with Crippen LogP contribution in [0.25, 0.3) is 0 Å². The van der Waals surface area contributed by atoms with Gasteiger partial charge in [0.25, 0.3) is 11.6 Å². The summed E-state index contributed by atoms with van der Waals surface area (Å²) in [6, 6.07) is 7.64. The second kappa shape index (κ2) is 6.19. The highest BCUT2D eigenvalue weighted by molar-refractivity contribution is 6.02. The fourth-order valence-corrected chi connectivity index (χ4v) is 1.80. The molecule has 21 heavy (non-hydrogen) atoms. The van der Waals surface area contributed by atoms with Crippen LogP contribution >= 0.6 is 0 Å². The van der Waals surface area contributed by atoms with Gasteiger partial charge in [0.05, 0.1) is 4.92 Å². The van der Waals surface area contributed by atoms with E-state index in [0.29, 0.717) is 17.0 Å². The number of carbonyl (C=O) groups is 1. The normalized spacial score (nSPS) is 10.4. The topological polar surface area (TPSA) is 94.6 Å². The Morgan fingerprint density at radius 1 is 1.38 bits per heavy atom. The third kappa shape index (κ3) is 3.46. The van der Waals surface area contributed by atoms with Crippen molar-refractivity contribution in [3.05, 3.63) is 57.5 Å². The predicted octanol–water partition coefficient (Wildman–Crippen LogP) is 2.89. The molecule has 0 saturated heterocycles. The number of anilines is 1. The van der Waals surface area contributed by atoms with Crippen molar-refractivity contribution in [1.29, 1.82) is 0 Å². The maximum atomic E-state index is 12.0. The Labute approximate surface area is 120 Å². The molecule has 1 aromatic carbocycles. The summed E-state index contributed by atoms with van der Waals surface area (Å²) in [7, 11) is 1.52. The molecule has 0 spiro atoms. The van der Waals surface area contributed by atoms with E-state index in [1.165, 1.54) is 19.2 Å². The highest BCUT2D eigenvalue weighted by Crippen LogP contribution is 2.23. The van der Waals surface area contributed by atoms with Crippen molar-refractivity contribution in [2.45, 2.75) is 13.5 Å². The van der Waals surface area contributed by atoms with Gasteiger partial charge in [-0.2, -0.15) is 0 Å². The molecule has 1 amide bonds. The molecule has 0 aliphatic heterocycles. The molecular weight excluding hydrogens is 276 g/mol. The van der Waals surface area contributed by atoms with E-state index in [9.17, 15) is 14.9 Å². The highest BCUT2D eigenvalue weighted by atomic mass is 16.6. The van der Waals surface area contributed by atoms with E-state index in [2.05, 4.69) is 5.32 Å². The van der Waals surface area contributed by atoms with Gasteiger partial charge in [-0.25, -0.2) is 0 Å². The number of nitro groups is 1. The Kier molecular flexibility index (Phi) is 4.34. The van der Waals surface area contributed by atoms with Gasteiger partial charge in [-0.3, -0.25) is 14.9 Å². The molecule has 0 radical (unpaired) electrons. The van der Waals surface area contributed by atoms with Crippen LogP contribution in [-0.4, -0.2) is 17.9 Å². The van der Waals surface area contributed by atoms with Crippen molar-refractivity contribution < 1.29 is 18.9 Å². The van der Waals surface area contributed by atoms with E-state index >= 15 is 0 Å². The molecule has 0 aliphatic carbocycles. The Hall–Kier alpha value is -2.67. The van der Waals surface area contributed by atoms with Crippen LogP contribution in [0.4, 0.5) is 11.4 Å². The molecule has 0 unspecified atom stereocenters. The Bertz CT molecular complexity index is 678. The number of carbonyl (C=O) groups excluding carboxylic acids is 1. The van der Waals surface area contributed by atoms with Crippen molar-refractivity contribution >= 4 is 17.3 Å². The summed E-state index contributed by atoms with van der Waals surface area (Å²) < 4.78 is 10.2. The van der Waals surface area contributed by atoms with Crippen LogP contribution in [0.5, 0.6) is 0 Å². The molecule has 110 valence electrons. The second-order valence-electron chi connectivity index (χ2n) is 4.41. The van der Waals surface area contributed by atoms with Crippen LogP contribution < -0.4 is 5.32 Å². The number of furan rings is 1. The standard InChI is InChI=1S/C14H14N2O5/c1-9-3-4-10(7-12(9)16(18)19)15-14(17)13-6-5-11(21-13)8-20-2/h3-7H,8H2,1-2H3,(H,15,17). The summed E-state index contributed by atoms with van der Waals surface area (Å²) in [6.07, 6.45) is 0. The second-order valence-corrected chi connectivity index (χ2v) is 4.41. The number of benzene rings is 1. The number of hydrogen-bond donors (Lipinski definition) is 1. The van der Waals surface area contributed by atoms with E-state index in [1.54, 1.807) is 25.1 Å². The molecule has 7 heteroatoms. The molecule has 0 aliphatic rings. The number of nitro benzene ring substituents is 1. The van der Waals surface area contributed by atoms with E-state index in [1.807, 2.05) is 0 Å². The fraction of sp³-hybridized carbons (Fsp3) is 0.214. The SMILES string of the molecule is COCc1ccc(C(=O)Nc2ccc(C)c([N+](=O)[O-])c2)o1. The average Bonchev–Trinajstić information content (AvgIpc) is 2.90. The number of nitrogens with one attached hydrogen (secondary N) is 1. The minimum Gasteiger partial charge on any atom is -0.453 e. The quantitative estimate of drug-likeness (QED) is 0.674. The third-order valence-corrected chi connectivity index (χ3v) is 2.84. The molecule has 0 bridgehead atoms. The van der Waals surface area contributed by atoms with E-state index in [0.717, 1.165) is 0 Å². The van der Waals surface area contributed by atoms with E-state index in [-0.39, 0.29) is 18.1 Å². The fourth-order valence-electron chi connectivity index (χ4n) is 1.80. The van der Waals surface area contributed by atoms with Crippen molar-refractivity contribution in [1.82, 2.24) is 0 Å². The van der Waals surface area contributed by atoms with Gasteiger partial charge in [-0.1, -0.05) is 6.07 Å². The van der Waals surface area contributed by atoms with Crippen LogP contribution in [0.2, 0.25) is 0 Å². The summed E-state index contributed by atoms with van der Waals surface area (Å²) in [5, 5.41) is 13.4. The Morgan fingerprint density at radius 2 is 2.14 bits per heavy atom. The lowest BCUT2D eigenvalue weighted by molar-refractivity contribution is -0.385. The number of aryl methyl sites for hydroxylation is 1. The first kappa shape index (κ1) is 14.7. The number of ether oxygens (including phenoxy) is 1. The molecule has 2 aromatic rings. The zero-order valence-electron chi connectivity index (χ0n) is 11.6. The minimum atomic E-state index is -0.491. The number of amides is 1. The van der Waals surface area contributed by atoms with Crippen LogP contribution in [-0.2, 0) is 11.3 Å². The van der Waals surface area contributed by atoms with Crippen LogP contribution in [0.1, 0.15) is 21.9 Å². The Morgan fingerprint density at radius 3 is 2.81 bits per heavy atom. The molecule has 1 heterocycles. The lowest BCUT2D eigenvalue weighted by Gasteiger charge is -2.04. The van der Waals surface area contributed by atoms with Gasteiger partial charge >= 0.3 is 0 Å². The lowest BCUT2D eigenvalue weighted by atomic mass is 10.2. The third-order valence-electron chi connectivity index (χ3n) is 2.84. The van der Waals surface area contributed by atoms with E-state index < -0.39 is 10.8 Å². The van der Waals surface area contributed by atoms with Crippen LogP contribution in [0, 0.1) is 17.0 Å². The summed E-state index contributed by atoms with van der Waals surface area (Å²) >= 11 is 0. The monoisotopic (exact) mass is 290 g/mol.